The van der Waals surface area contributed by atoms with Crippen molar-refractivity contribution in [3.63, 3.8) is 0 Å². The average Bonchev–Trinajstić information content (AvgIpc) is 3.45. The Hall–Kier alpha value is -3.77. The summed E-state index contributed by atoms with van der Waals surface area (Å²) >= 11 is 6.14. The standard InChI is InChI=1S/C23H18ClN3O3/c1-15-6-7-16(13-19(15)26-23(29)21-5-4-12-30-21)22(28)25-18-9-8-17(24)14-20(18)27-10-2-3-11-27/h2-14H,1H3,(H,25,28)(H,26,29). The number of carbonyl (C=O) groups is 2. The van der Waals surface area contributed by atoms with Crippen molar-refractivity contribution < 1.29 is 14.0 Å². The number of halogens is 1. The Bertz CT molecular complexity index is 1200. The minimum Gasteiger partial charge on any atom is -0.459 e. The van der Waals surface area contributed by atoms with Gasteiger partial charge >= 0.3 is 0 Å². The number of aromatic nitrogens is 1. The molecule has 2 N–H and O–H groups in total. The summed E-state index contributed by atoms with van der Waals surface area (Å²) in [5.41, 5.74) is 3.13. The summed E-state index contributed by atoms with van der Waals surface area (Å²) in [6.45, 7) is 1.85. The second kappa shape index (κ2) is 8.31. The highest BCUT2D eigenvalue weighted by atomic mass is 35.5. The zero-order valence-corrected chi connectivity index (χ0v) is 16.8. The number of amides is 2. The number of carbonyl (C=O) groups excluding carboxylic acids is 2. The van der Waals surface area contributed by atoms with Gasteiger partial charge in [-0.1, -0.05) is 17.7 Å². The molecule has 7 heteroatoms. The molecule has 0 aliphatic rings. The number of rotatable bonds is 5. The summed E-state index contributed by atoms with van der Waals surface area (Å²) in [6, 6.07) is 17.4. The van der Waals surface area contributed by atoms with Crippen LogP contribution in [0.15, 0.2) is 83.7 Å². The van der Waals surface area contributed by atoms with Crippen molar-refractivity contribution in [2.24, 2.45) is 0 Å². The van der Waals surface area contributed by atoms with Crippen molar-refractivity contribution >= 4 is 34.8 Å². The molecule has 0 atom stereocenters. The van der Waals surface area contributed by atoms with Crippen molar-refractivity contribution in [1.82, 2.24) is 4.57 Å². The van der Waals surface area contributed by atoms with E-state index in [1.54, 1.807) is 48.5 Å². The van der Waals surface area contributed by atoms with Crippen LogP contribution in [0.4, 0.5) is 11.4 Å². The van der Waals surface area contributed by atoms with Gasteiger partial charge < -0.3 is 19.6 Å². The minimum absolute atomic E-state index is 0.196. The predicted molar refractivity (Wildman–Crippen MR) is 117 cm³/mol. The van der Waals surface area contributed by atoms with Gasteiger partial charge in [-0.25, -0.2) is 0 Å². The summed E-state index contributed by atoms with van der Waals surface area (Å²) in [5, 5.41) is 6.26. The smallest absolute Gasteiger partial charge is 0.291 e. The van der Waals surface area contributed by atoms with Gasteiger partial charge in [0.25, 0.3) is 11.8 Å². The Morgan fingerprint density at radius 3 is 2.40 bits per heavy atom. The molecule has 0 saturated carbocycles. The molecule has 0 aliphatic heterocycles. The number of hydrogen-bond donors (Lipinski definition) is 2. The zero-order valence-electron chi connectivity index (χ0n) is 16.1. The van der Waals surface area contributed by atoms with Crippen LogP contribution in [0.3, 0.4) is 0 Å². The number of anilines is 2. The van der Waals surface area contributed by atoms with Gasteiger partial charge in [0.05, 0.1) is 17.6 Å². The molecule has 6 nitrogen and oxygen atoms in total. The van der Waals surface area contributed by atoms with Crippen LogP contribution in [0.2, 0.25) is 5.02 Å². The van der Waals surface area contributed by atoms with Gasteiger partial charge in [0.15, 0.2) is 5.76 Å². The van der Waals surface area contributed by atoms with E-state index in [0.29, 0.717) is 22.0 Å². The fourth-order valence-electron chi connectivity index (χ4n) is 3.00. The largest absolute Gasteiger partial charge is 0.459 e. The lowest BCUT2D eigenvalue weighted by molar-refractivity contribution is 0.0993. The third kappa shape index (κ3) is 4.14. The van der Waals surface area contributed by atoms with Crippen LogP contribution in [-0.2, 0) is 0 Å². The lowest BCUT2D eigenvalue weighted by Gasteiger charge is -2.14. The molecule has 4 rings (SSSR count). The van der Waals surface area contributed by atoms with E-state index in [4.69, 9.17) is 16.0 Å². The maximum Gasteiger partial charge on any atom is 0.291 e. The van der Waals surface area contributed by atoms with Crippen molar-refractivity contribution in [3.05, 3.63) is 101 Å². The quantitative estimate of drug-likeness (QED) is 0.446. The van der Waals surface area contributed by atoms with E-state index in [1.165, 1.54) is 6.26 Å². The third-order valence-electron chi connectivity index (χ3n) is 4.58. The van der Waals surface area contributed by atoms with Crippen LogP contribution in [0.25, 0.3) is 5.69 Å². The monoisotopic (exact) mass is 419 g/mol. The van der Waals surface area contributed by atoms with Crippen LogP contribution in [0, 0.1) is 6.92 Å². The molecule has 0 radical (unpaired) electrons. The Morgan fingerprint density at radius 2 is 1.67 bits per heavy atom. The van der Waals surface area contributed by atoms with Crippen molar-refractivity contribution in [1.29, 1.82) is 0 Å². The molecule has 0 fully saturated rings. The number of furan rings is 1. The van der Waals surface area contributed by atoms with Crippen molar-refractivity contribution in [3.8, 4) is 5.69 Å². The highest BCUT2D eigenvalue weighted by Gasteiger charge is 2.15. The van der Waals surface area contributed by atoms with Crippen LogP contribution in [-0.4, -0.2) is 16.4 Å². The van der Waals surface area contributed by atoms with E-state index in [9.17, 15) is 9.59 Å². The van der Waals surface area contributed by atoms with E-state index in [2.05, 4.69) is 10.6 Å². The normalized spacial score (nSPS) is 10.6. The molecule has 0 unspecified atom stereocenters. The van der Waals surface area contributed by atoms with Gasteiger partial charge in [-0.3, -0.25) is 9.59 Å². The van der Waals surface area contributed by atoms with Crippen LogP contribution in [0.1, 0.15) is 26.5 Å². The lowest BCUT2D eigenvalue weighted by Crippen LogP contribution is -2.16. The Balaban J connectivity index is 1.58. The van der Waals surface area contributed by atoms with Crippen molar-refractivity contribution in [2.75, 3.05) is 10.6 Å². The highest BCUT2D eigenvalue weighted by molar-refractivity contribution is 6.31. The highest BCUT2D eigenvalue weighted by Crippen LogP contribution is 2.26. The van der Waals surface area contributed by atoms with E-state index in [1.807, 2.05) is 36.0 Å². The van der Waals surface area contributed by atoms with Gasteiger partial charge in [-0.05, 0) is 67.1 Å². The van der Waals surface area contributed by atoms with Crippen molar-refractivity contribution in [2.45, 2.75) is 6.92 Å². The summed E-state index contributed by atoms with van der Waals surface area (Å²) in [5.74, 6) is -0.491. The van der Waals surface area contributed by atoms with E-state index in [-0.39, 0.29) is 17.6 Å². The van der Waals surface area contributed by atoms with Gasteiger partial charge in [0, 0.05) is 28.7 Å². The molecule has 2 amide bonds. The van der Waals surface area contributed by atoms with E-state index >= 15 is 0 Å². The maximum atomic E-state index is 12.9. The fourth-order valence-corrected chi connectivity index (χ4v) is 3.17. The summed E-state index contributed by atoms with van der Waals surface area (Å²) in [6.07, 6.45) is 5.17. The molecular weight excluding hydrogens is 402 g/mol. The molecule has 2 aromatic carbocycles. The van der Waals surface area contributed by atoms with Gasteiger partial charge in [0.2, 0.25) is 0 Å². The van der Waals surface area contributed by atoms with Crippen LogP contribution < -0.4 is 10.6 Å². The lowest BCUT2D eigenvalue weighted by atomic mass is 10.1. The van der Waals surface area contributed by atoms with Crippen LogP contribution in [0.5, 0.6) is 0 Å². The van der Waals surface area contributed by atoms with E-state index < -0.39 is 0 Å². The van der Waals surface area contributed by atoms with E-state index in [0.717, 1.165) is 11.3 Å². The molecule has 0 aliphatic carbocycles. The van der Waals surface area contributed by atoms with Gasteiger partial charge in [-0.2, -0.15) is 0 Å². The maximum absolute atomic E-state index is 12.9. The average molecular weight is 420 g/mol. The first-order valence-corrected chi connectivity index (χ1v) is 9.59. The molecular formula is C23H18ClN3O3. The SMILES string of the molecule is Cc1ccc(C(=O)Nc2ccc(Cl)cc2-n2cccc2)cc1NC(=O)c1ccco1. The molecule has 30 heavy (non-hydrogen) atoms. The Kier molecular flexibility index (Phi) is 5.41. The third-order valence-corrected chi connectivity index (χ3v) is 4.82. The van der Waals surface area contributed by atoms with Crippen LogP contribution >= 0.6 is 11.6 Å². The molecule has 150 valence electrons. The Morgan fingerprint density at radius 1 is 0.900 bits per heavy atom. The first-order valence-electron chi connectivity index (χ1n) is 9.21. The number of aryl methyl sites for hydroxylation is 1. The molecule has 0 spiro atoms. The first kappa shape index (κ1) is 19.5. The molecule has 2 heterocycles. The Labute approximate surface area is 178 Å². The topological polar surface area (TPSA) is 76.3 Å². The van der Waals surface area contributed by atoms with Gasteiger partial charge in [0.1, 0.15) is 0 Å². The predicted octanol–water partition coefficient (Wildman–Crippen LogP) is 5.54. The number of nitrogens with one attached hydrogen (secondary N) is 2. The summed E-state index contributed by atoms with van der Waals surface area (Å²) < 4.78 is 6.98. The summed E-state index contributed by atoms with van der Waals surface area (Å²) in [7, 11) is 0. The second-order valence-electron chi connectivity index (χ2n) is 6.67. The zero-order chi connectivity index (χ0) is 21.1. The van der Waals surface area contributed by atoms with Gasteiger partial charge in [-0.15, -0.1) is 0 Å². The first-order chi connectivity index (χ1) is 14.5. The second-order valence-corrected chi connectivity index (χ2v) is 7.10. The fraction of sp³-hybridized carbons (Fsp3) is 0.0435. The number of hydrogen-bond acceptors (Lipinski definition) is 3. The molecule has 2 aromatic heterocycles. The molecule has 4 aromatic rings. The number of nitrogens with zero attached hydrogens (tertiary/aromatic N) is 1. The minimum atomic E-state index is -0.381. The summed E-state index contributed by atoms with van der Waals surface area (Å²) in [4.78, 5) is 25.2. The molecule has 0 saturated heterocycles. The molecule has 0 bridgehead atoms. The number of benzene rings is 2.